The number of benzene rings is 1. The second-order valence-electron chi connectivity index (χ2n) is 3.43. The summed E-state index contributed by atoms with van der Waals surface area (Å²) in [6.07, 6.45) is 0. The van der Waals surface area contributed by atoms with Crippen molar-refractivity contribution < 1.29 is 4.92 Å². The van der Waals surface area contributed by atoms with E-state index in [-0.39, 0.29) is 10.6 Å². The van der Waals surface area contributed by atoms with E-state index in [1.165, 1.54) is 17.8 Å². The first-order chi connectivity index (χ1) is 8.60. The highest BCUT2D eigenvalue weighted by atomic mass is 32.2. The van der Waals surface area contributed by atoms with Crippen LogP contribution < -0.4 is 5.32 Å². The van der Waals surface area contributed by atoms with Gasteiger partial charge in [-0.3, -0.25) is 15.1 Å². The van der Waals surface area contributed by atoms with Crippen molar-refractivity contribution in [3.8, 4) is 0 Å². The van der Waals surface area contributed by atoms with Gasteiger partial charge < -0.3 is 5.32 Å². The topological polar surface area (TPSA) is 67.5 Å². The van der Waals surface area contributed by atoms with Gasteiger partial charge in [0.15, 0.2) is 0 Å². The van der Waals surface area contributed by atoms with Gasteiger partial charge in [0.2, 0.25) is 0 Å². The van der Waals surface area contributed by atoms with Crippen molar-refractivity contribution >= 4 is 22.5 Å². The van der Waals surface area contributed by atoms with Crippen LogP contribution >= 0.6 is 11.8 Å². The molecular formula is C12H15N3O2S. The van der Waals surface area contributed by atoms with Crippen LogP contribution in [0.2, 0.25) is 0 Å². The SMILES string of the molecule is C=C(NC)C(=NC)SCc1ccccc1[N+](=O)[O-]. The van der Waals surface area contributed by atoms with E-state index in [2.05, 4.69) is 16.9 Å². The lowest BCUT2D eigenvalue weighted by Gasteiger charge is -2.08. The summed E-state index contributed by atoms with van der Waals surface area (Å²) < 4.78 is 0. The fourth-order valence-electron chi connectivity index (χ4n) is 1.35. The Bertz CT molecular complexity index is 486. The van der Waals surface area contributed by atoms with Gasteiger partial charge in [0.05, 0.1) is 10.6 Å². The summed E-state index contributed by atoms with van der Waals surface area (Å²) in [5.74, 6) is 0.491. The van der Waals surface area contributed by atoms with Crippen molar-refractivity contribution in [2.75, 3.05) is 14.1 Å². The van der Waals surface area contributed by atoms with Crippen LogP contribution in [0.15, 0.2) is 41.5 Å². The summed E-state index contributed by atoms with van der Waals surface area (Å²) in [6, 6.07) is 6.71. The molecular weight excluding hydrogens is 250 g/mol. The fourth-order valence-corrected chi connectivity index (χ4v) is 2.29. The maximum atomic E-state index is 10.9. The Balaban J connectivity index is 2.80. The molecule has 0 aromatic heterocycles. The number of thioether (sulfide) groups is 1. The van der Waals surface area contributed by atoms with Gasteiger partial charge in [0.25, 0.3) is 5.69 Å². The average Bonchev–Trinajstić information content (AvgIpc) is 2.39. The Morgan fingerprint density at radius 3 is 2.78 bits per heavy atom. The molecule has 5 nitrogen and oxygen atoms in total. The largest absolute Gasteiger partial charge is 0.386 e. The molecule has 0 spiro atoms. The minimum absolute atomic E-state index is 0.135. The van der Waals surface area contributed by atoms with Gasteiger partial charge in [-0.05, 0) is 0 Å². The normalized spacial score (nSPS) is 11.1. The number of hydrogen-bond donors (Lipinski definition) is 1. The zero-order valence-corrected chi connectivity index (χ0v) is 11.2. The molecule has 0 heterocycles. The van der Waals surface area contributed by atoms with Crippen molar-refractivity contribution in [3.05, 3.63) is 52.2 Å². The molecule has 0 saturated heterocycles. The third-order valence-electron chi connectivity index (χ3n) is 2.32. The van der Waals surface area contributed by atoms with Crippen LogP contribution in [0.25, 0.3) is 0 Å². The van der Waals surface area contributed by atoms with E-state index in [1.807, 2.05) is 0 Å². The zero-order chi connectivity index (χ0) is 13.5. The Morgan fingerprint density at radius 2 is 2.22 bits per heavy atom. The third-order valence-corrected chi connectivity index (χ3v) is 3.47. The van der Waals surface area contributed by atoms with E-state index < -0.39 is 0 Å². The zero-order valence-electron chi connectivity index (χ0n) is 10.3. The van der Waals surface area contributed by atoms with Gasteiger partial charge in [-0.2, -0.15) is 0 Å². The number of rotatable bonds is 5. The number of nitrogens with one attached hydrogen (secondary N) is 1. The molecule has 1 N–H and O–H groups in total. The maximum absolute atomic E-state index is 10.9. The lowest BCUT2D eigenvalue weighted by atomic mass is 10.2. The number of nitro benzene ring substituents is 1. The molecule has 0 atom stereocenters. The Hall–Kier alpha value is -1.82. The second-order valence-corrected chi connectivity index (χ2v) is 4.40. The highest BCUT2D eigenvalue weighted by molar-refractivity contribution is 8.13. The molecule has 1 aromatic carbocycles. The molecule has 0 saturated carbocycles. The molecule has 96 valence electrons. The van der Waals surface area contributed by atoms with Crippen LogP contribution in [0.4, 0.5) is 5.69 Å². The standard InChI is InChI=1S/C12H15N3O2S/c1-9(13-2)12(14-3)18-8-10-6-4-5-7-11(10)15(16)17/h4-7,13H,1,8H2,2-3H3. The molecule has 0 radical (unpaired) electrons. The first-order valence-electron chi connectivity index (χ1n) is 5.29. The molecule has 0 fully saturated rings. The Morgan fingerprint density at radius 1 is 1.56 bits per heavy atom. The van der Waals surface area contributed by atoms with Crippen molar-refractivity contribution in [3.63, 3.8) is 0 Å². The third kappa shape index (κ3) is 3.59. The molecule has 1 aromatic rings. The highest BCUT2D eigenvalue weighted by Crippen LogP contribution is 2.24. The minimum Gasteiger partial charge on any atom is -0.386 e. The summed E-state index contributed by atoms with van der Waals surface area (Å²) in [4.78, 5) is 14.6. The Kier molecular flexibility index (Phi) is 5.38. The van der Waals surface area contributed by atoms with Gasteiger partial charge in [-0.15, -0.1) is 0 Å². The molecule has 0 bridgehead atoms. The van der Waals surface area contributed by atoms with Gasteiger partial charge in [0.1, 0.15) is 5.04 Å². The van der Waals surface area contributed by atoms with E-state index in [9.17, 15) is 10.1 Å². The van der Waals surface area contributed by atoms with E-state index in [1.54, 1.807) is 32.3 Å². The van der Waals surface area contributed by atoms with Crippen LogP contribution in [0, 0.1) is 10.1 Å². The summed E-state index contributed by atoms with van der Waals surface area (Å²) in [7, 11) is 3.43. The lowest BCUT2D eigenvalue weighted by Crippen LogP contribution is -2.12. The smallest absolute Gasteiger partial charge is 0.273 e. The molecule has 0 aliphatic carbocycles. The van der Waals surface area contributed by atoms with Crippen molar-refractivity contribution in [2.45, 2.75) is 5.75 Å². The number of hydrogen-bond acceptors (Lipinski definition) is 5. The molecule has 0 aliphatic rings. The van der Waals surface area contributed by atoms with Crippen molar-refractivity contribution in [1.82, 2.24) is 5.32 Å². The molecule has 0 unspecified atom stereocenters. The van der Waals surface area contributed by atoms with Gasteiger partial charge in [-0.25, -0.2) is 0 Å². The number of nitrogens with zero attached hydrogens (tertiary/aromatic N) is 2. The van der Waals surface area contributed by atoms with E-state index >= 15 is 0 Å². The van der Waals surface area contributed by atoms with Gasteiger partial charge in [0, 0.05) is 31.5 Å². The first kappa shape index (κ1) is 14.2. The van der Waals surface area contributed by atoms with Crippen LogP contribution in [0.3, 0.4) is 0 Å². The summed E-state index contributed by atoms with van der Waals surface area (Å²) in [5, 5.41) is 14.5. The maximum Gasteiger partial charge on any atom is 0.273 e. The Labute approximate surface area is 110 Å². The molecule has 0 aliphatic heterocycles. The van der Waals surface area contributed by atoms with Crippen LogP contribution in [-0.4, -0.2) is 24.1 Å². The quantitative estimate of drug-likeness (QED) is 0.384. The monoisotopic (exact) mass is 265 g/mol. The molecule has 6 heteroatoms. The van der Waals surface area contributed by atoms with Crippen LogP contribution in [0.5, 0.6) is 0 Å². The predicted octanol–water partition coefficient (Wildman–Crippen LogP) is 2.59. The molecule has 0 amide bonds. The van der Waals surface area contributed by atoms with Crippen LogP contribution in [-0.2, 0) is 5.75 Å². The number of para-hydroxylation sites is 1. The van der Waals surface area contributed by atoms with E-state index in [0.717, 1.165) is 5.04 Å². The predicted molar refractivity (Wildman–Crippen MR) is 76.0 cm³/mol. The first-order valence-corrected chi connectivity index (χ1v) is 6.27. The van der Waals surface area contributed by atoms with Gasteiger partial charge in [-0.1, -0.05) is 36.5 Å². The minimum atomic E-state index is -0.369. The highest BCUT2D eigenvalue weighted by Gasteiger charge is 2.13. The number of aliphatic imine (C=N–C) groups is 1. The summed E-state index contributed by atoms with van der Waals surface area (Å²) in [6.45, 7) is 3.82. The average molecular weight is 265 g/mol. The van der Waals surface area contributed by atoms with Gasteiger partial charge >= 0.3 is 0 Å². The fraction of sp³-hybridized carbons (Fsp3) is 0.250. The van der Waals surface area contributed by atoms with Crippen LogP contribution in [0.1, 0.15) is 5.56 Å². The number of nitro groups is 1. The van der Waals surface area contributed by atoms with E-state index in [0.29, 0.717) is 17.0 Å². The molecule has 1 rings (SSSR count). The summed E-state index contributed by atoms with van der Waals surface area (Å²) >= 11 is 1.42. The van der Waals surface area contributed by atoms with Crippen molar-refractivity contribution in [2.24, 2.45) is 4.99 Å². The van der Waals surface area contributed by atoms with Crippen molar-refractivity contribution in [1.29, 1.82) is 0 Å². The summed E-state index contributed by atoms with van der Waals surface area (Å²) in [5.41, 5.74) is 1.52. The molecule has 18 heavy (non-hydrogen) atoms. The van der Waals surface area contributed by atoms with E-state index in [4.69, 9.17) is 0 Å². The second kappa shape index (κ2) is 6.80. The lowest BCUT2D eigenvalue weighted by molar-refractivity contribution is -0.385.